The minimum atomic E-state index is -0.729. The lowest BCUT2D eigenvalue weighted by atomic mass is 9.81. The number of ether oxygens (including phenoxy) is 1. The zero-order valence-corrected chi connectivity index (χ0v) is 20.9. The minimum Gasteiger partial charge on any atom is -0.423 e. The standard InChI is InChI=1S/C30H23N3O5/c1-16-7-6-8-18(15-16)29(36)38-19-13-11-17(12-14-19)22-23-25(20-9-4-5-10-21(20)26(23)34)31-27-24(22)28(35)33(3)30(37)32(27)2/h4-15,22,31H,1-3H3/t22-/m1/s1. The van der Waals surface area contributed by atoms with E-state index in [1.54, 1.807) is 61.6 Å². The van der Waals surface area contributed by atoms with E-state index in [4.69, 9.17) is 4.74 Å². The highest BCUT2D eigenvalue weighted by Crippen LogP contribution is 2.47. The van der Waals surface area contributed by atoms with Crippen molar-refractivity contribution in [2.24, 2.45) is 14.1 Å². The molecule has 1 atom stereocenters. The predicted molar refractivity (Wildman–Crippen MR) is 143 cm³/mol. The summed E-state index contributed by atoms with van der Waals surface area (Å²) in [6.45, 7) is 1.90. The molecule has 0 radical (unpaired) electrons. The fourth-order valence-electron chi connectivity index (χ4n) is 5.26. The predicted octanol–water partition coefficient (Wildman–Crippen LogP) is 3.78. The summed E-state index contributed by atoms with van der Waals surface area (Å²) in [5.74, 6) is -0.707. The van der Waals surface area contributed by atoms with E-state index < -0.39 is 23.1 Å². The Balaban J connectivity index is 1.47. The summed E-state index contributed by atoms with van der Waals surface area (Å²) in [5.41, 5.74) is 3.68. The van der Waals surface area contributed by atoms with Crippen LogP contribution in [-0.2, 0) is 14.1 Å². The molecule has 2 aliphatic rings. The summed E-state index contributed by atoms with van der Waals surface area (Å²) in [4.78, 5) is 52.4. The van der Waals surface area contributed by atoms with Gasteiger partial charge in [0, 0.05) is 36.7 Å². The number of anilines is 1. The van der Waals surface area contributed by atoms with Crippen LogP contribution in [0.4, 0.5) is 5.82 Å². The average molecular weight is 506 g/mol. The molecule has 8 heteroatoms. The Hall–Kier alpha value is -4.98. The van der Waals surface area contributed by atoms with E-state index in [9.17, 15) is 19.2 Å². The van der Waals surface area contributed by atoms with Gasteiger partial charge in [-0.3, -0.25) is 18.7 Å². The van der Waals surface area contributed by atoms with Crippen LogP contribution in [0.1, 0.15) is 48.9 Å². The van der Waals surface area contributed by atoms with Crippen molar-refractivity contribution in [2.45, 2.75) is 12.8 Å². The van der Waals surface area contributed by atoms with Crippen LogP contribution in [0.5, 0.6) is 5.75 Å². The maximum atomic E-state index is 13.6. The molecule has 1 N–H and O–H groups in total. The van der Waals surface area contributed by atoms with Crippen LogP contribution in [0, 0.1) is 6.92 Å². The molecular formula is C30H23N3O5. The summed E-state index contributed by atoms with van der Waals surface area (Å²) in [6.07, 6.45) is 0. The molecule has 0 unspecified atom stereocenters. The molecule has 3 aromatic carbocycles. The van der Waals surface area contributed by atoms with Gasteiger partial charge in [0.2, 0.25) is 0 Å². The number of fused-ring (bicyclic) bond motifs is 3. The number of nitrogens with zero attached hydrogens (tertiary/aromatic N) is 2. The van der Waals surface area contributed by atoms with Gasteiger partial charge in [0.25, 0.3) is 5.56 Å². The Morgan fingerprint density at radius 1 is 0.868 bits per heavy atom. The maximum Gasteiger partial charge on any atom is 0.343 e. The van der Waals surface area contributed by atoms with Crippen molar-refractivity contribution in [3.8, 4) is 5.75 Å². The van der Waals surface area contributed by atoms with Gasteiger partial charge in [0.15, 0.2) is 5.78 Å². The van der Waals surface area contributed by atoms with E-state index in [1.807, 2.05) is 25.1 Å². The van der Waals surface area contributed by atoms with Gasteiger partial charge < -0.3 is 10.1 Å². The highest BCUT2D eigenvalue weighted by Gasteiger charge is 2.42. The summed E-state index contributed by atoms with van der Waals surface area (Å²) in [5, 5.41) is 3.22. The summed E-state index contributed by atoms with van der Waals surface area (Å²) in [6, 6.07) is 21.1. The van der Waals surface area contributed by atoms with E-state index in [2.05, 4.69) is 5.32 Å². The van der Waals surface area contributed by atoms with Crippen LogP contribution in [0.3, 0.4) is 0 Å². The van der Waals surface area contributed by atoms with E-state index in [1.165, 1.54) is 11.6 Å². The van der Waals surface area contributed by atoms with Crippen molar-refractivity contribution in [1.82, 2.24) is 9.13 Å². The zero-order valence-electron chi connectivity index (χ0n) is 20.9. The molecular weight excluding hydrogens is 482 g/mol. The summed E-state index contributed by atoms with van der Waals surface area (Å²) in [7, 11) is 3.01. The number of Topliss-reactive ketones (excluding diaryl/α,β-unsaturated/α-hetero) is 1. The molecule has 188 valence electrons. The molecule has 6 rings (SSSR count). The van der Waals surface area contributed by atoms with E-state index in [-0.39, 0.29) is 5.78 Å². The molecule has 1 aliphatic carbocycles. The monoisotopic (exact) mass is 505 g/mol. The van der Waals surface area contributed by atoms with Crippen LogP contribution in [-0.4, -0.2) is 20.9 Å². The van der Waals surface area contributed by atoms with Gasteiger partial charge in [0.1, 0.15) is 11.6 Å². The van der Waals surface area contributed by atoms with Crippen molar-refractivity contribution in [2.75, 3.05) is 5.32 Å². The average Bonchev–Trinajstić information content (AvgIpc) is 3.21. The van der Waals surface area contributed by atoms with Crippen molar-refractivity contribution in [3.63, 3.8) is 0 Å². The van der Waals surface area contributed by atoms with Crippen LogP contribution < -0.4 is 21.3 Å². The van der Waals surface area contributed by atoms with Gasteiger partial charge in [-0.15, -0.1) is 0 Å². The highest BCUT2D eigenvalue weighted by atomic mass is 16.5. The fourth-order valence-corrected chi connectivity index (χ4v) is 5.26. The van der Waals surface area contributed by atoms with E-state index >= 15 is 0 Å². The first-order valence-electron chi connectivity index (χ1n) is 12.1. The molecule has 8 nitrogen and oxygen atoms in total. The number of carbonyl (C=O) groups excluding carboxylic acids is 2. The number of esters is 1. The van der Waals surface area contributed by atoms with Crippen molar-refractivity contribution < 1.29 is 14.3 Å². The number of allylic oxidation sites excluding steroid dienone is 1. The van der Waals surface area contributed by atoms with Gasteiger partial charge in [-0.25, -0.2) is 9.59 Å². The van der Waals surface area contributed by atoms with E-state index in [0.29, 0.717) is 45.1 Å². The Labute approximate surface area is 217 Å². The van der Waals surface area contributed by atoms with Crippen molar-refractivity contribution in [1.29, 1.82) is 0 Å². The van der Waals surface area contributed by atoms with Crippen LogP contribution in [0.25, 0.3) is 5.70 Å². The minimum absolute atomic E-state index is 0.176. The number of carbonyl (C=O) groups is 2. The number of hydrogen-bond acceptors (Lipinski definition) is 6. The van der Waals surface area contributed by atoms with Crippen LogP contribution >= 0.6 is 0 Å². The molecule has 4 aromatic rings. The third-order valence-corrected chi connectivity index (χ3v) is 7.15. The molecule has 0 bridgehead atoms. The molecule has 0 spiro atoms. The lowest BCUT2D eigenvalue weighted by molar-refractivity contribution is 0.0734. The van der Waals surface area contributed by atoms with Crippen LogP contribution in [0.15, 0.2) is 88.0 Å². The second-order valence-electron chi connectivity index (χ2n) is 9.52. The first-order chi connectivity index (χ1) is 18.3. The number of hydrogen-bond donors (Lipinski definition) is 1. The molecule has 0 saturated heterocycles. The van der Waals surface area contributed by atoms with Gasteiger partial charge >= 0.3 is 11.7 Å². The van der Waals surface area contributed by atoms with Gasteiger partial charge in [-0.2, -0.15) is 0 Å². The fraction of sp³-hybridized carbons (Fsp3) is 0.133. The number of aryl methyl sites for hydroxylation is 1. The lowest BCUT2D eigenvalue weighted by Crippen LogP contribution is -2.42. The summed E-state index contributed by atoms with van der Waals surface area (Å²) >= 11 is 0. The lowest BCUT2D eigenvalue weighted by Gasteiger charge is -2.29. The SMILES string of the molecule is Cc1cccc(C(=O)Oc2ccc([C@@H]3C4=C(Nc5c3c(=O)n(C)c(=O)n5C)c3ccccc3C4=O)cc2)c1. The molecule has 2 heterocycles. The topological polar surface area (TPSA) is 99.4 Å². The van der Waals surface area contributed by atoms with Crippen LogP contribution in [0.2, 0.25) is 0 Å². The number of aromatic nitrogens is 2. The quantitative estimate of drug-likeness (QED) is 0.336. The maximum absolute atomic E-state index is 13.6. The Kier molecular flexibility index (Phi) is 5.27. The molecule has 0 fully saturated rings. The Morgan fingerprint density at radius 2 is 1.58 bits per heavy atom. The van der Waals surface area contributed by atoms with Gasteiger partial charge in [0.05, 0.1) is 16.8 Å². The number of benzene rings is 3. The highest BCUT2D eigenvalue weighted by molar-refractivity contribution is 6.23. The second kappa shape index (κ2) is 8.55. The summed E-state index contributed by atoms with van der Waals surface area (Å²) < 4.78 is 7.99. The van der Waals surface area contributed by atoms with Gasteiger partial charge in [-0.1, -0.05) is 54.1 Å². The number of rotatable bonds is 3. The molecule has 0 amide bonds. The van der Waals surface area contributed by atoms with E-state index in [0.717, 1.165) is 15.7 Å². The zero-order chi connectivity index (χ0) is 26.7. The molecule has 1 aromatic heterocycles. The Morgan fingerprint density at radius 3 is 2.29 bits per heavy atom. The second-order valence-corrected chi connectivity index (χ2v) is 9.52. The number of ketones is 1. The third-order valence-electron chi connectivity index (χ3n) is 7.15. The molecule has 0 saturated carbocycles. The Bertz CT molecular complexity index is 1830. The van der Waals surface area contributed by atoms with Crippen molar-refractivity contribution in [3.05, 3.63) is 133 Å². The number of nitrogens with one attached hydrogen (secondary N) is 1. The first-order valence-corrected chi connectivity index (χ1v) is 12.1. The van der Waals surface area contributed by atoms with Gasteiger partial charge in [-0.05, 0) is 36.8 Å². The first kappa shape index (κ1) is 23.4. The molecule has 1 aliphatic heterocycles. The normalized spacial score (nSPS) is 15.4. The third kappa shape index (κ3) is 3.45. The molecule has 38 heavy (non-hydrogen) atoms. The van der Waals surface area contributed by atoms with Crippen molar-refractivity contribution >= 4 is 23.3 Å². The smallest absolute Gasteiger partial charge is 0.343 e. The largest absolute Gasteiger partial charge is 0.423 e.